The minimum absolute atomic E-state index is 0.0316. The fraction of sp³-hybridized carbons (Fsp3) is 0.108. The van der Waals surface area contributed by atoms with E-state index >= 15 is 9.59 Å². The van der Waals surface area contributed by atoms with Gasteiger partial charge in [-0.2, -0.15) is 0 Å². The van der Waals surface area contributed by atoms with Crippen LogP contribution in [0.1, 0.15) is 162 Å². The number of ketones is 2. The fourth-order valence-electron chi connectivity index (χ4n) is 19.5. The molecule has 4 heteroatoms. The van der Waals surface area contributed by atoms with Crippen LogP contribution in [-0.4, -0.2) is 20.4 Å². The van der Waals surface area contributed by atoms with Crippen molar-refractivity contribution in [1.29, 1.82) is 0 Å². The molecule has 25 rings (SSSR count). The molecular formula is C83H50N2O2. The minimum atomic E-state index is -0.385. The molecule has 0 saturated heterocycles. The first-order chi connectivity index (χ1) is 42.8. The number of carbonyl (C=O) groups is 2. The highest BCUT2D eigenvalue weighted by Crippen LogP contribution is 2.62. The summed E-state index contributed by atoms with van der Waals surface area (Å²) in [7, 11) is 0. The Morgan fingerprint density at radius 1 is 0.287 bits per heavy atom. The van der Waals surface area contributed by atoms with E-state index in [-0.39, 0.29) is 47.1 Å². The molecule has 0 saturated carbocycles. The number of aryl methyl sites for hydroxylation is 3. The number of carbonyl (C=O) groups excluding carboxylic acids is 2. The molecule has 87 heavy (non-hydrogen) atoms. The number of aromatic nitrogens is 2. The summed E-state index contributed by atoms with van der Waals surface area (Å²) in [5.41, 5.74) is 34.6. The van der Waals surface area contributed by atoms with Crippen molar-refractivity contribution in [2.75, 3.05) is 0 Å². The maximum Gasteiger partial charge on any atom is 0.175 e. The molecule has 0 spiro atoms. The van der Waals surface area contributed by atoms with Crippen molar-refractivity contribution in [1.82, 2.24) is 8.80 Å². The lowest BCUT2D eigenvalue weighted by atomic mass is 9.60. The van der Waals surface area contributed by atoms with Crippen molar-refractivity contribution >= 4 is 87.8 Å². The van der Waals surface area contributed by atoms with E-state index in [1.165, 1.54) is 138 Å². The molecule has 0 N–H and O–H groups in total. The highest BCUT2D eigenvalue weighted by molar-refractivity contribution is 6.31. The molecule has 4 aromatic heterocycles. The van der Waals surface area contributed by atoms with Gasteiger partial charge in [-0.25, -0.2) is 0 Å². The van der Waals surface area contributed by atoms with Gasteiger partial charge in [0.1, 0.15) is 0 Å². The topological polar surface area (TPSA) is 43.0 Å². The molecule has 9 aliphatic carbocycles. The molecule has 4 heterocycles. The number of nitrogens with zero attached hydrogens (tertiary/aromatic N) is 2. The Labute approximate surface area is 499 Å². The second kappa shape index (κ2) is 15.3. The molecule has 0 radical (unpaired) electrons. The fourth-order valence-corrected chi connectivity index (χ4v) is 19.5. The standard InChI is InChI=1S/C83H50N2O2/c1-39-28-40(2)71(41(3)29-39)42-30-60-55-32-58-63(82(86)76-51-24-12-6-18-45(51)72(58)46-19-7-13-25-52(46)76)37-69(55)84-67-36-57-62-34-66-74-43-16-4-10-22-49(43)75(50-23-11-5-17-44(50)74)78(66)79-65-33-59-64(38-70(65)85(81(62)79)68(57)35-56(67)61(31-42)80(60)84)83(87)77-53-26-14-8-20-47(53)73(59)48-21-9-15-27-54(48)77/h4-38,72-77H,1-3H3. The maximum atomic E-state index is 15.9. The lowest BCUT2D eigenvalue weighted by molar-refractivity contribution is 0.0966. The number of rotatable bonds is 1. The largest absolute Gasteiger partial charge is 0.308 e. The molecule has 16 aromatic rings. The van der Waals surface area contributed by atoms with Gasteiger partial charge in [-0.15, -0.1) is 0 Å². The van der Waals surface area contributed by atoms with Gasteiger partial charge in [0.05, 0.1) is 44.9 Å². The van der Waals surface area contributed by atoms with Gasteiger partial charge in [0.15, 0.2) is 11.6 Å². The molecule has 0 fully saturated rings. The van der Waals surface area contributed by atoms with Crippen molar-refractivity contribution in [3.63, 3.8) is 0 Å². The van der Waals surface area contributed by atoms with Crippen LogP contribution in [0.4, 0.5) is 0 Å². The van der Waals surface area contributed by atoms with E-state index in [0.29, 0.717) is 0 Å². The zero-order chi connectivity index (χ0) is 56.9. The van der Waals surface area contributed by atoms with Crippen LogP contribution < -0.4 is 0 Å². The Kier molecular flexibility index (Phi) is 8.10. The normalized spacial score (nSPS) is 19.7. The Bertz CT molecular complexity index is 5860. The summed E-state index contributed by atoms with van der Waals surface area (Å²) in [5.74, 6) is -0.496. The van der Waals surface area contributed by atoms with Crippen LogP contribution in [-0.2, 0) is 0 Å². The van der Waals surface area contributed by atoms with Gasteiger partial charge in [-0.3, -0.25) is 9.59 Å². The van der Waals surface area contributed by atoms with Gasteiger partial charge < -0.3 is 8.80 Å². The average Bonchev–Trinajstić information content (AvgIpc) is 1.57. The van der Waals surface area contributed by atoms with Gasteiger partial charge in [0.25, 0.3) is 0 Å². The van der Waals surface area contributed by atoms with E-state index in [1.807, 2.05) is 0 Å². The molecule has 0 amide bonds. The second-order valence-corrected chi connectivity index (χ2v) is 26.4. The van der Waals surface area contributed by atoms with Crippen LogP contribution in [0, 0.1) is 20.8 Å². The van der Waals surface area contributed by atoms with Crippen LogP contribution in [0.5, 0.6) is 0 Å². The number of hydrogen-bond acceptors (Lipinski definition) is 2. The molecule has 12 aromatic carbocycles. The summed E-state index contributed by atoms with van der Waals surface area (Å²) in [4.78, 5) is 31.6. The predicted molar refractivity (Wildman–Crippen MR) is 350 cm³/mol. The summed E-state index contributed by atoms with van der Waals surface area (Å²) < 4.78 is 5.09. The Hall–Kier alpha value is -10.4. The van der Waals surface area contributed by atoms with Crippen LogP contribution in [0.3, 0.4) is 0 Å². The molecule has 0 aliphatic heterocycles. The second-order valence-electron chi connectivity index (χ2n) is 26.4. The summed E-state index contributed by atoms with van der Waals surface area (Å²) in [6.07, 6.45) is 0. The predicted octanol–water partition coefficient (Wildman–Crippen LogP) is 19.2. The van der Waals surface area contributed by atoms with E-state index in [9.17, 15) is 0 Å². The van der Waals surface area contributed by atoms with Gasteiger partial charge in [-0.1, -0.05) is 163 Å². The van der Waals surface area contributed by atoms with Crippen molar-refractivity contribution < 1.29 is 9.59 Å². The molecule has 6 bridgehead atoms. The van der Waals surface area contributed by atoms with Crippen molar-refractivity contribution in [2.45, 2.75) is 56.3 Å². The number of fused-ring (bicyclic) bond motifs is 12. The molecule has 404 valence electrons. The van der Waals surface area contributed by atoms with Crippen molar-refractivity contribution in [3.05, 3.63) is 329 Å². The van der Waals surface area contributed by atoms with Gasteiger partial charge in [0, 0.05) is 77.9 Å². The third-order valence-corrected chi connectivity index (χ3v) is 22.4. The molecule has 9 aliphatic rings. The zero-order valence-corrected chi connectivity index (χ0v) is 47.9. The molecule has 4 nitrogen and oxygen atoms in total. The summed E-state index contributed by atoms with van der Waals surface area (Å²) in [5, 5.41) is 9.64. The van der Waals surface area contributed by atoms with Crippen molar-refractivity contribution in [3.8, 4) is 11.1 Å². The van der Waals surface area contributed by atoms with Gasteiger partial charge in [-0.05, 0) is 187 Å². The van der Waals surface area contributed by atoms with E-state index in [4.69, 9.17) is 0 Å². The van der Waals surface area contributed by atoms with E-state index in [2.05, 4.69) is 242 Å². The van der Waals surface area contributed by atoms with E-state index < -0.39 is 0 Å². The Morgan fingerprint density at radius 2 is 0.609 bits per heavy atom. The monoisotopic (exact) mass is 1110 g/mol. The number of hydrogen-bond donors (Lipinski definition) is 0. The molecular weight excluding hydrogens is 1060 g/mol. The van der Waals surface area contributed by atoms with Crippen molar-refractivity contribution in [2.24, 2.45) is 0 Å². The van der Waals surface area contributed by atoms with Crippen LogP contribution >= 0.6 is 0 Å². The van der Waals surface area contributed by atoms with Gasteiger partial charge >= 0.3 is 0 Å². The van der Waals surface area contributed by atoms with Crippen LogP contribution in [0.25, 0.3) is 87.3 Å². The average molecular weight is 1110 g/mol. The highest BCUT2D eigenvalue weighted by atomic mass is 16.1. The SMILES string of the molecule is Cc1cc(C)c(-c2cc3c4cc5c(cc4n4c6cc7c8cc9c(c%10c%11cc%12c(cc%11n(c7cc6c(c2)c34)c8%10)C(=O)C2c3ccccc3C%12c3ccccc32)C2c3ccccc3C9c3ccccc32)C(=O)C2c3ccccc3C5c3ccccc32)c(C)c1. The van der Waals surface area contributed by atoms with Crippen LogP contribution in [0.15, 0.2) is 212 Å². The molecule has 0 unspecified atom stereocenters. The lowest BCUT2D eigenvalue weighted by Gasteiger charge is -2.42. The minimum Gasteiger partial charge on any atom is -0.308 e. The summed E-state index contributed by atoms with van der Waals surface area (Å²) in [6.45, 7) is 6.72. The first kappa shape index (κ1) is 45.9. The quantitative estimate of drug-likeness (QED) is 0.164. The summed E-state index contributed by atoms with van der Waals surface area (Å²) >= 11 is 0. The third kappa shape index (κ3) is 5.23. The van der Waals surface area contributed by atoms with E-state index in [1.54, 1.807) is 0 Å². The number of Topliss-reactive ketones (excluding diaryl/α,β-unsaturated/α-hetero) is 2. The lowest BCUT2D eigenvalue weighted by Crippen LogP contribution is -2.27. The Balaban J connectivity index is 0.901. The number of benzene rings is 12. The third-order valence-electron chi connectivity index (χ3n) is 22.4. The van der Waals surface area contributed by atoms with Gasteiger partial charge in [0.2, 0.25) is 0 Å². The zero-order valence-electron chi connectivity index (χ0n) is 47.9. The first-order valence-electron chi connectivity index (χ1n) is 31.0. The van der Waals surface area contributed by atoms with Crippen LogP contribution in [0.2, 0.25) is 0 Å². The highest BCUT2D eigenvalue weighted by Gasteiger charge is 2.47. The smallest absolute Gasteiger partial charge is 0.175 e. The first-order valence-corrected chi connectivity index (χ1v) is 31.0. The maximum absolute atomic E-state index is 15.9. The van der Waals surface area contributed by atoms with E-state index in [0.717, 1.165) is 66.6 Å². The molecule has 0 atom stereocenters. The Morgan fingerprint density at radius 3 is 1.05 bits per heavy atom. The summed E-state index contributed by atoms with van der Waals surface area (Å²) in [6, 6.07) is 79.9.